The Bertz CT molecular complexity index is 734. The second-order valence-corrected chi connectivity index (χ2v) is 6.69. The summed E-state index contributed by atoms with van der Waals surface area (Å²) < 4.78 is 5.10. The molecule has 6 nitrogen and oxygen atoms in total. The van der Waals surface area contributed by atoms with Gasteiger partial charge in [0.2, 0.25) is 11.0 Å². The van der Waals surface area contributed by atoms with E-state index in [2.05, 4.69) is 20.3 Å². The number of aromatic nitrogens is 2. The second kappa shape index (κ2) is 8.66. The van der Waals surface area contributed by atoms with Gasteiger partial charge in [-0.05, 0) is 17.7 Å². The minimum absolute atomic E-state index is 0.144. The molecule has 0 saturated heterocycles. The van der Waals surface area contributed by atoms with Gasteiger partial charge in [0.25, 0.3) is 0 Å². The van der Waals surface area contributed by atoms with Gasteiger partial charge in [0.1, 0.15) is 0 Å². The van der Waals surface area contributed by atoms with Crippen LogP contribution in [0.5, 0.6) is 0 Å². The lowest BCUT2D eigenvalue weighted by molar-refractivity contribution is -0.137. The van der Waals surface area contributed by atoms with Crippen LogP contribution in [0.1, 0.15) is 5.56 Å². The van der Waals surface area contributed by atoms with E-state index in [1.807, 2.05) is 12.1 Å². The fraction of sp³-hybridized carbons (Fsp3) is 0.143. The first-order chi connectivity index (χ1) is 11.1. The Morgan fingerprint density at radius 3 is 2.91 bits per heavy atom. The fourth-order valence-electron chi connectivity index (χ4n) is 1.42. The molecule has 0 aliphatic heterocycles. The predicted molar refractivity (Wildman–Crippen MR) is 91.8 cm³/mol. The number of esters is 1. The van der Waals surface area contributed by atoms with Crippen molar-refractivity contribution in [1.82, 2.24) is 10.2 Å². The van der Waals surface area contributed by atoms with Gasteiger partial charge in [-0.1, -0.05) is 52.9 Å². The van der Waals surface area contributed by atoms with Crippen molar-refractivity contribution in [3.63, 3.8) is 0 Å². The monoisotopic (exact) mass is 369 g/mol. The summed E-state index contributed by atoms with van der Waals surface area (Å²) in [6.45, 7) is 0. The molecule has 1 heterocycles. The van der Waals surface area contributed by atoms with Gasteiger partial charge in [0.05, 0.1) is 12.9 Å². The summed E-state index contributed by atoms with van der Waals surface area (Å²) in [6, 6.07) is 7.20. The standard InChI is InChI=1S/C14H12ClN3O3S2/c1-21-12(20)8-22-14-18-17-13(23-14)16-11(19)7-6-9-4-2-3-5-10(9)15/h2-7H,8H2,1H3,(H,16,17,19)/b7-6+. The van der Waals surface area contributed by atoms with Gasteiger partial charge in [-0.3, -0.25) is 14.9 Å². The van der Waals surface area contributed by atoms with Crippen LogP contribution < -0.4 is 5.32 Å². The van der Waals surface area contributed by atoms with Crippen LogP contribution in [0.15, 0.2) is 34.7 Å². The SMILES string of the molecule is COC(=O)CSc1nnc(NC(=O)/C=C/c2ccccc2Cl)s1. The van der Waals surface area contributed by atoms with Gasteiger partial charge in [-0.25, -0.2) is 0 Å². The molecule has 0 aliphatic rings. The molecule has 2 rings (SSSR count). The average Bonchev–Trinajstić information content (AvgIpc) is 2.99. The lowest BCUT2D eigenvalue weighted by atomic mass is 10.2. The number of methoxy groups -OCH3 is 1. The number of ether oxygens (including phenoxy) is 1. The molecule has 0 bridgehead atoms. The molecule has 23 heavy (non-hydrogen) atoms. The molecule has 1 aromatic heterocycles. The molecule has 0 spiro atoms. The number of amides is 1. The minimum Gasteiger partial charge on any atom is -0.468 e. The minimum atomic E-state index is -0.349. The Morgan fingerprint density at radius 2 is 2.17 bits per heavy atom. The van der Waals surface area contributed by atoms with E-state index in [-0.39, 0.29) is 17.6 Å². The first kappa shape index (κ1) is 17.5. The van der Waals surface area contributed by atoms with Gasteiger partial charge >= 0.3 is 5.97 Å². The third-order valence-electron chi connectivity index (χ3n) is 2.50. The highest BCUT2D eigenvalue weighted by Gasteiger charge is 2.09. The van der Waals surface area contributed by atoms with E-state index in [4.69, 9.17) is 11.6 Å². The van der Waals surface area contributed by atoms with Crippen molar-refractivity contribution in [2.45, 2.75) is 4.34 Å². The van der Waals surface area contributed by atoms with Crippen molar-refractivity contribution < 1.29 is 14.3 Å². The average molecular weight is 370 g/mol. The van der Waals surface area contributed by atoms with Crippen LogP contribution in [0.4, 0.5) is 5.13 Å². The predicted octanol–water partition coefficient (Wildman–Crippen LogP) is 3.11. The number of nitrogens with one attached hydrogen (secondary N) is 1. The molecule has 2 aromatic rings. The molecule has 0 fully saturated rings. The van der Waals surface area contributed by atoms with Gasteiger partial charge in [-0.15, -0.1) is 10.2 Å². The number of anilines is 1. The number of halogens is 1. The highest BCUT2D eigenvalue weighted by Crippen LogP contribution is 2.25. The van der Waals surface area contributed by atoms with E-state index in [0.717, 1.165) is 5.56 Å². The summed E-state index contributed by atoms with van der Waals surface area (Å²) in [7, 11) is 1.32. The number of benzene rings is 1. The third-order valence-corrected chi connectivity index (χ3v) is 4.79. The summed E-state index contributed by atoms with van der Waals surface area (Å²) >= 11 is 8.38. The smallest absolute Gasteiger partial charge is 0.316 e. The Balaban J connectivity index is 1.89. The molecule has 9 heteroatoms. The number of hydrogen-bond acceptors (Lipinski definition) is 7. The zero-order valence-electron chi connectivity index (χ0n) is 12.0. The van der Waals surface area contributed by atoms with Crippen molar-refractivity contribution >= 4 is 57.8 Å². The topological polar surface area (TPSA) is 81.2 Å². The van der Waals surface area contributed by atoms with Crippen LogP contribution in [0.25, 0.3) is 6.08 Å². The Labute approximate surface area is 145 Å². The van der Waals surface area contributed by atoms with Gasteiger partial charge in [-0.2, -0.15) is 0 Å². The van der Waals surface area contributed by atoms with Crippen LogP contribution in [-0.4, -0.2) is 34.9 Å². The van der Waals surface area contributed by atoms with Gasteiger partial charge in [0.15, 0.2) is 4.34 Å². The second-order valence-electron chi connectivity index (χ2n) is 4.08. The first-order valence-corrected chi connectivity index (χ1v) is 8.53. The van der Waals surface area contributed by atoms with E-state index in [1.54, 1.807) is 18.2 Å². The summed E-state index contributed by atoms with van der Waals surface area (Å²) in [5, 5.41) is 11.2. The molecule has 0 radical (unpaired) electrons. The molecule has 0 unspecified atom stereocenters. The van der Waals surface area contributed by atoms with Crippen molar-refractivity contribution in [2.24, 2.45) is 0 Å². The zero-order valence-corrected chi connectivity index (χ0v) is 14.4. The molecule has 1 amide bonds. The largest absolute Gasteiger partial charge is 0.468 e. The van der Waals surface area contributed by atoms with E-state index in [0.29, 0.717) is 14.5 Å². The van der Waals surface area contributed by atoms with Crippen molar-refractivity contribution in [3.05, 3.63) is 40.9 Å². The maximum Gasteiger partial charge on any atom is 0.316 e. The summed E-state index contributed by atoms with van der Waals surface area (Å²) in [4.78, 5) is 22.9. The molecule has 1 N–H and O–H groups in total. The Kier molecular flexibility index (Phi) is 6.57. The summed E-state index contributed by atoms with van der Waals surface area (Å²) in [5.74, 6) is -0.546. The molecule has 0 atom stereocenters. The van der Waals surface area contributed by atoms with E-state index in [1.165, 1.54) is 36.3 Å². The van der Waals surface area contributed by atoms with Gasteiger partial charge in [0, 0.05) is 11.1 Å². The maximum absolute atomic E-state index is 11.8. The Morgan fingerprint density at radius 1 is 1.39 bits per heavy atom. The lowest BCUT2D eigenvalue weighted by Gasteiger charge is -1.97. The summed E-state index contributed by atoms with van der Waals surface area (Å²) in [6.07, 6.45) is 2.98. The highest BCUT2D eigenvalue weighted by molar-refractivity contribution is 8.01. The quantitative estimate of drug-likeness (QED) is 0.364. The number of hydrogen-bond donors (Lipinski definition) is 1. The van der Waals surface area contributed by atoms with Crippen molar-refractivity contribution in [2.75, 3.05) is 18.2 Å². The maximum atomic E-state index is 11.8. The number of carbonyl (C=O) groups excluding carboxylic acids is 2. The Hall–Kier alpha value is -1.90. The van der Waals surface area contributed by atoms with E-state index < -0.39 is 0 Å². The van der Waals surface area contributed by atoms with Crippen molar-refractivity contribution in [3.8, 4) is 0 Å². The number of nitrogens with zero attached hydrogens (tertiary/aromatic N) is 2. The molecule has 0 saturated carbocycles. The van der Waals surface area contributed by atoms with E-state index in [9.17, 15) is 9.59 Å². The first-order valence-electron chi connectivity index (χ1n) is 6.35. The zero-order chi connectivity index (χ0) is 16.7. The molecular formula is C14H12ClN3O3S2. The lowest BCUT2D eigenvalue weighted by Crippen LogP contribution is -2.07. The van der Waals surface area contributed by atoms with Crippen LogP contribution in [-0.2, 0) is 14.3 Å². The number of carbonyl (C=O) groups is 2. The summed E-state index contributed by atoms with van der Waals surface area (Å²) in [5.41, 5.74) is 0.746. The number of thioether (sulfide) groups is 1. The van der Waals surface area contributed by atoms with Crippen LogP contribution in [0.2, 0.25) is 5.02 Å². The highest BCUT2D eigenvalue weighted by atomic mass is 35.5. The molecular weight excluding hydrogens is 358 g/mol. The fourth-order valence-corrected chi connectivity index (χ4v) is 3.21. The van der Waals surface area contributed by atoms with E-state index >= 15 is 0 Å². The van der Waals surface area contributed by atoms with Gasteiger partial charge < -0.3 is 4.74 Å². The number of rotatable bonds is 6. The molecule has 120 valence electrons. The third kappa shape index (κ3) is 5.66. The van der Waals surface area contributed by atoms with Crippen molar-refractivity contribution in [1.29, 1.82) is 0 Å². The molecule has 0 aliphatic carbocycles. The molecule has 1 aromatic carbocycles. The normalized spacial score (nSPS) is 10.7. The van der Waals surface area contributed by atoms with Crippen LogP contribution in [0, 0.1) is 0 Å². The van der Waals surface area contributed by atoms with Crippen LogP contribution in [0.3, 0.4) is 0 Å². The van der Waals surface area contributed by atoms with Crippen LogP contribution >= 0.6 is 34.7 Å².